The van der Waals surface area contributed by atoms with Crippen molar-refractivity contribution in [2.45, 2.75) is 32.7 Å². The maximum absolute atomic E-state index is 4.49. The minimum atomic E-state index is 0.307. The summed E-state index contributed by atoms with van der Waals surface area (Å²) in [5.74, 6) is 0. The number of benzene rings is 1. The van der Waals surface area contributed by atoms with E-state index in [0.29, 0.717) is 6.04 Å². The van der Waals surface area contributed by atoms with E-state index in [4.69, 9.17) is 0 Å². The molecule has 0 fully saturated rings. The Kier molecular flexibility index (Phi) is 5.38. The second-order valence-electron chi connectivity index (χ2n) is 5.25. The van der Waals surface area contributed by atoms with Gasteiger partial charge in [0.15, 0.2) is 0 Å². The second kappa shape index (κ2) is 7.04. The van der Waals surface area contributed by atoms with E-state index >= 15 is 0 Å². The monoisotopic (exact) mass is 335 g/mol. The smallest absolute Gasteiger partial charge is 0.0643 e. The van der Waals surface area contributed by atoms with Gasteiger partial charge in [-0.05, 0) is 49.2 Å². The number of hydrogen-bond acceptors (Lipinski definition) is 2. The van der Waals surface area contributed by atoms with Crippen LogP contribution in [0.3, 0.4) is 0 Å². The molecule has 1 aromatic heterocycles. The number of nitrogens with one attached hydrogen (secondary N) is 1. The highest BCUT2D eigenvalue weighted by Crippen LogP contribution is 2.23. The van der Waals surface area contributed by atoms with Gasteiger partial charge in [0.2, 0.25) is 0 Å². The molecule has 0 bridgehead atoms. The molecule has 0 radical (unpaired) electrons. The fraction of sp³-hybridized carbons (Fsp3) is 0.438. The van der Waals surface area contributed by atoms with Crippen molar-refractivity contribution in [1.29, 1.82) is 0 Å². The van der Waals surface area contributed by atoms with Crippen LogP contribution in [-0.2, 0) is 13.5 Å². The lowest BCUT2D eigenvalue weighted by Gasteiger charge is -2.19. The number of hydrogen-bond donors (Lipinski definition) is 1. The second-order valence-corrected chi connectivity index (χ2v) is 6.17. The molecule has 0 amide bonds. The van der Waals surface area contributed by atoms with Crippen molar-refractivity contribution in [3.8, 4) is 0 Å². The van der Waals surface area contributed by atoms with Gasteiger partial charge in [-0.2, -0.15) is 5.10 Å². The van der Waals surface area contributed by atoms with Crippen LogP contribution in [0.1, 0.15) is 36.2 Å². The molecule has 0 saturated carbocycles. The van der Waals surface area contributed by atoms with Crippen LogP contribution in [0, 0.1) is 6.92 Å². The zero-order chi connectivity index (χ0) is 14.5. The average Bonchev–Trinajstić information content (AvgIpc) is 2.79. The SMILES string of the molecule is CCCNC(Cc1ccn(C)n1)c1cc(C)cc(Br)c1. The van der Waals surface area contributed by atoms with Crippen LogP contribution in [0.25, 0.3) is 0 Å². The summed E-state index contributed by atoms with van der Waals surface area (Å²) in [5.41, 5.74) is 3.72. The Bertz CT molecular complexity index is 542. The zero-order valence-electron chi connectivity index (χ0n) is 12.4. The summed E-state index contributed by atoms with van der Waals surface area (Å²) >= 11 is 3.59. The summed E-state index contributed by atoms with van der Waals surface area (Å²) in [5, 5.41) is 8.12. The van der Waals surface area contributed by atoms with E-state index in [9.17, 15) is 0 Å². The van der Waals surface area contributed by atoms with Crippen LogP contribution >= 0.6 is 15.9 Å². The van der Waals surface area contributed by atoms with E-state index in [1.165, 1.54) is 11.1 Å². The van der Waals surface area contributed by atoms with Crippen LogP contribution < -0.4 is 5.32 Å². The van der Waals surface area contributed by atoms with E-state index in [1.54, 1.807) is 0 Å². The fourth-order valence-electron chi connectivity index (χ4n) is 2.37. The summed E-state index contributed by atoms with van der Waals surface area (Å²) in [7, 11) is 1.96. The number of rotatable bonds is 6. The molecule has 0 spiro atoms. The van der Waals surface area contributed by atoms with E-state index in [2.05, 4.69) is 64.5 Å². The molecule has 0 saturated heterocycles. The van der Waals surface area contributed by atoms with Gasteiger partial charge in [0.05, 0.1) is 5.69 Å². The lowest BCUT2D eigenvalue weighted by atomic mass is 10.00. The van der Waals surface area contributed by atoms with E-state index in [1.807, 2.05) is 17.9 Å². The number of nitrogens with zero attached hydrogens (tertiary/aromatic N) is 2. The molecule has 1 aromatic carbocycles. The first-order chi connectivity index (χ1) is 9.58. The summed E-state index contributed by atoms with van der Waals surface area (Å²) in [6.45, 7) is 5.34. The fourth-order valence-corrected chi connectivity index (χ4v) is 3.00. The quantitative estimate of drug-likeness (QED) is 0.870. The Hall–Kier alpha value is -1.13. The molecule has 2 rings (SSSR count). The van der Waals surface area contributed by atoms with Gasteiger partial charge in [-0.25, -0.2) is 0 Å². The highest BCUT2D eigenvalue weighted by Gasteiger charge is 2.14. The van der Waals surface area contributed by atoms with Gasteiger partial charge < -0.3 is 5.32 Å². The van der Waals surface area contributed by atoms with Crippen LogP contribution in [-0.4, -0.2) is 16.3 Å². The number of halogens is 1. The molecule has 2 aromatic rings. The molecule has 1 unspecified atom stereocenters. The van der Waals surface area contributed by atoms with Crippen molar-refractivity contribution < 1.29 is 0 Å². The molecule has 3 nitrogen and oxygen atoms in total. The predicted molar refractivity (Wildman–Crippen MR) is 86.8 cm³/mol. The maximum atomic E-state index is 4.49. The van der Waals surface area contributed by atoms with Gasteiger partial charge in [-0.1, -0.05) is 28.9 Å². The van der Waals surface area contributed by atoms with E-state index in [0.717, 1.165) is 29.6 Å². The van der Waals surface area contributed by atoms with Crippen LogP contribution in [0.15, 0.2) is 34.9 Å². The largest absolute Gasteiger partial charge is 0.310 e. The minimum Gasteiger partial charge on any atom is -0.310 e. The third-order valence-electron chi connectivity index (χ3n) is 3.29. The Morgan fingerprint density at radius 3 is 2.75 bits per heavy atom. The van der Waals surface area contributed by atoms with Crippen molar-refractivity contribution in [3.05, 3.63) is 51.8 Å². The predicted octanol–water partition coefficient (Wildman–Crippen LogP) is 3.77. The van der Waals surface area contributed by atoms with Crippen LogP contribution in [0.5, 0.6) is 0 Å². The third-order valence-corrected chi connectivity index (χ3v) is 3.75. The third kappa shape index (κ3) is 4.18. The molecule has 0 aliphatic heterocycles. The molecule has 20 heavy (non-hydrogen) atoms. The van der Waals surface area contributed by atoms with Crippen molar-refractivity contribution in [1.82, 2.24) is 15.1 Å². The Labute approximate surface area is 129 Å². The molecule has 1 N–H and O–H groups in total. The van der Waals surface area contributed by atoms with Crippen molar-refractivity contribution in [2.24, 2.45) is 7.05 Å². The lowest BCUT2D eigenvalue weighted by Crippen LogP contribution is -2.24. The molecule has 1 heterocycles. The number of aromatic nitrogens is 2. The maximum Gasteiger partial charge on any atom is 0.0643 e. The Balaban J connectivity index is 2.21. The van der Waals surface area contributed by atoms with Gasteiger partial charge in [0.25, 0.3) is 0 Å². The Morgan fingerprint density at radius 1 is 1.35 bits per heavy atom. The molecule has 4 heteroatoms. The summed E-state index contributed by atoms with van der Waals surface area (Å²) in [6.07, 6.45) is 4.04. The average molecular weight is 336 g/mol. The first-order valence-corrected chi connectivity index (χ1v) is 7.86. The lowest BCUT2D eigenvalue weighted by molar-refractivity contribution is 0.520. The zero-order valence-corrected chi connectivity index (χ0v) is 13.9. The highest BCUT2D eigenvalue weighted by atomic mass is 79.9. The minimum absolute atomic E-state index is 0.307. The van der Waals surface area contributed by atoms with Gasteiger partial charge >= 0.3 is 0 Å². The van der Waals surface area contributed by atoms with Crippen molar-refractivity contribution >= 4 is 15.9 Å². The summed E-state index contributed by atoms with van der Waals surface area (Å²) in [6, 6.07) is 8.98. The molecular weight excluding hydrogens is 314 g/mol. The summed E-state index contributed by atoms with van der Waals surface area (Å²) < 4.78 is 3.00. The van der Waals surface area contributed by atoms with Crippen LogP contribution in [0.2, 0.25) is 0 Å². The van der Waals surface area contributed by atoms with Crippen molar-refractivity contribution in [2.75, 3.05) is 6.54 Å². The number of aryl methyl sites for hydroxylation is 2. The molecule has 1 atom stereocenters. The highest BCUT2D eigenvalue weighted by molar-refractivity contribution is 9.10. The van der Waals surface area contributed by atoms with Gasteiger partial charge in [0.1, 0.15) is 0 Å². The Morgan fingerprint density at radius 2 is 2.15 bits per heavy atom. The standard InChI is InChI=1S/C16H22BrN3/c1-4-6-18-16(11-15-5-7-20(3)19-15)13-8-12(2)9-14(17)10-13/h5,7-10,16,18H,4,6,11H2,1-3H3. The topological polar surface area (TPSA) is 29.9 Å². The van der Waals surface area contributed by atoms with E-state index in [-0.39, 0.29) is 0 Å². The van der Waals surface area contributed by atoms with Gasteiger partial charge in [0, 0.05) is 30.2 Å². The summed E-state index contributed by atoms with van der Waals surface area (Å²) in [4.78, 5) is 0. The van der Waals surface area contributed by atoms with Gasteiger partial charge in [-0.15, -0.1) is 0 Å². The first-order valence-electron chi connectivity index (χ1n) is 7.07. The van der Waals surface area contributed by atoms with E-state index < -0.39 is 0 Å². The normalized spacial score (nSPS) is 12.6. The first kappa shape index (κ1) is 15.3. The van der Waals surface area contributed by atoms with Gasteiger partial charge in [-0.3, -0.25) is 4.68 Å². The molecule has 0 aliphatic rings. The molecular formula is C16H22BrN3. The molecule has 108 valence electrons. The van der Waals surface area contributed by atoms with Crippen LogP contribution in [0.4, 0.5) is 0 Å². The molecule has 0 aliphatic carbocycles. The van der Waals surface area contributed by atoms with Crippen molar-refractivity contribution in [3.63, 3.8) is 0 Å².